The summed E-state index contributed by atoms with van der Waals surface area (Å²) in [5, 5.41) is 0. The molecule has 2 atom stereocenters. The standard InChI is InChI=1S/C8H13BrO2/c1-6(10)11-8-4-2-3-7(9)5-8/h7-8H,2-5H2,1H3. The van der Waals surface area contributed by atoms with E-state index in [1.807, 2.05) is 0 Å². The Kier molecular flexibility index (Phi) is 3.37. The molecule has 2 unspecified atom stereocenters. The van der Waals surface area contributed by atoms with Gasteiger partial charge in [-0.3, -0.25) is 4.79 Å². The third-order valence-electron chi connectivity index (χ3n) is 1.89. The van der Waals surface area contributed by atoms with Crippen molar-refractivity contribution in [1.82, 2.24) is 0 Å². The van der Waals surface area contributed by atoms with Crippen molar-refractivity contribution < 1.29 is 9.53 Å². The minimum absolute atomic E-state index is 0.156. The number of alkyl halides is 1. The zero-order chi connectivity index (χ0) is 8.27. The van der Waals surface area contributed by atoms with E-state index in [0.29, 0.717) is 4.83 Å². The highest BCUT2D eigenvalue weighted by molar-refractivity contribution is 9.09. The van der Waals surface area contributed by atoms with Gasteiger partial charge in [0.2, 0.25) is 0 Å². The van der Waals surface area contributed by atoms with E-state index >= 15 is 0 Å². The zero-order valence-electron chi connectivity index (χ0n) is 6.68. The maximum absolute atomic E-state index is 10.6. The molecular formula is C8H13BrO2. The van der Waals surface area contributed by atoms with Gasteiger partial charge in [-0.2, -0.15) is 0 Å². The van der Waals surface area contributed by atoms with E-state index in [9.17, 15) is 4.79 Å². The Balaban J connectivity index is 2.28. The van der Waals surface area contributed by atoms with Gasteiger partial charge in [-0.15, -0.1) is 0 Å². The molecule has 0 aromatic rings. The fourth-order valence-corrected chi connectivity index (χ4v) is 2.17. The van der Waals surface area contributed by atoms with Gasteiger partial charge < -0.3 is 4.74 Å². The number of carbonyl (C=O) groups is 1. The Bertz CT molecular complexity index is 147. The van der Waals surface area contributed by atoms with Crippen LogP contribution >= 0.6 is 15.9 Å². The lowest BCUT2D eigenvalue weighted by molar-refractivity contribution is -0.147. The van der Waals surface area contributed by atoms with Gasteiger partial charge in [-0.05, 0) is 25.7 Å². The largest absolute Gasteiger partial charge is 0.463 e. The normalized spacial score (nSPS) is 31.5. The van der Waals surface area contributed by atoms with Crippen LogP contribution in [0.15, 0.2) is 0 Å². The Morgan fingerprint density at radius 1 is 1.55 bits per heavy atom. The first kappa shape index (κ1) is 9.04. The molecule has 0 bridgehead atoms. The van der Waals surface area contributed by atoms with Gasteiger partial charge in [0.1, 0.15) is 6.10 Å². The zero-order valence-corrected chi connectivity index (χ0v) is 8.26. The van der Waals surface area contributed by atoms with Crippen LogP contribution in [0.5, 0.6) is 0 Å². The van der Waals surface area contributed by atoms with Gasteiger partial charge in [0.05, 0.1) is 0 Å². The smallest absolute Gasteiger partial charge is 0.302 e. The number of halogens is 1. The average molecular weight is 221 g/mol. The van der Waals surface area contributed by atoms with Crippen LogP contribution < -0.4 is 0 Å². The second-order valence-corrected chi connectivity index (χ2v) is 4.29. The number of rotatable bonds is 1. The van der Waals surface area contributed by atoms with Gasteiger partial charge in [0, 0.05) is 11.8 Å². The third-order valence-corrected chi connectivity index (χ3v) is 2.73. The summed E-state index contributed by atoms with van der Waals surface area (Å²) >= 11 is 3.53. The summed E-state index contributed by atoms with van der Waals surface area (Å²) in [5.74, 6) is -0.156. The predicted molar refractivity (Wildman–Crippen MR) is 46.7 cm³/mol. The van der Waals surface area contributed by atoms with Crippen molar-refractivity contribution in [2.75, 3.05) is 0 Å². The molecule has 0 radical (unpaired) electrons. The highest BCUT2D eigenvalue weighted by Crippen LogP contribution is 2.26. The van der Waals surface area contributed by atoms with Crippen LogP contribution in [0.4, 0.5) is 0 Å². The van der Waals surface area contributed by atoms with Crippen LogP contribution in [0.25, 0.3) is 0 Å². The molecule has 0 N–H and O–H groups in total. The molecular weight excluding hydrogens is 208 g/mol. The van der Waals surface area contributed by atoms with Crippen LogP contribution in [0.3, 0.4) is 0 Å². The Hall–Kier alpha value is -0.0500. The minimum atomic E-state index is -0.156. The second kappa shape index (κ2) is 4.10. The van der Waals surface area contributed by atoms with E-state index in [1.54, 1.807) is 0 Å². The van der Waals surface area contributed by atoms with Crippen molar-refractivity contribution in [1.29, 1.82) is 0 Å². The lowest BCUT2D eigenvalue weighted by Crippen LogP contribution is -2.24. The van der Waals surface area contributed by atoms with E-state index in [0.717, 1.165) is 19.3 Å². The number of esters is 1. The average Bonchev–Trinajstić information content (AvgIpc) is 1.85. The molecule has 1 rings (SSSR count). The lowest BCUT2D eigenvalue weighted by Gasteiger charge is -2.24. The molecule has 64 valence electrons. The van der Waals surface area contributed by atoms with Crippen molar-refractivity contribution in [3.8, 4) is 0 Å². The van der Waals surface area contributed by atoms with E-state index in [-0.39, 0.29) is 12.1 Å². The van der Waals surface area contributed by atoms with Crippen molar-refractivity contribution in [2.45, 2.75) is 43.5 Å². The quantitative estimate of drug-likeness (QED) is 0.501. The molecule has 0 aromatic heterocycles. The molecule has 0 aliphatic heterocycles. The summed E-state index contributed by atoms with van der Waals surface area (Å²) in [4.78, 5) is 11.1. The molecule has 0 saturated heterocycles. The topological polar surface area (TPSA) is 26.3 Å². The predicted octanol–water partition coefficient (Wildman–Crippen LogP) is 2.26. The maximum atomic E-state index is 10.6. The van der Waals surface area contributed by atoms with E-state index < -0.39 is 0 Å². The first-order valence-electron chi connectivity index (χ1n) is 4.00. The molecule has 0 aromatic carbocycles. The first-order chi connectivity index (χ1) is 5.18. The number of hydrogen-bond donors (Lipinski definition) is 0. The molecule has 0 spiro atoms. The number of hydrogen-bond acceptors (Lipinski definition) is 2. The van der Waals surface area contributed by atoms with Gasteiger partial charge in [-0.1, -0.05) is 15.9 Å². The third kappa shape index (κ3) is 3.23. The fourth-order valence-electron chi connectivity index (χ4n) is 1.43. The summed E-state index contributed by atoms with van der Waals surface area (Å²) in [6, 6.07) is 0. The van der Waals surface area contributed by atoms with Gasteiger partial charge >= 0.3 is 5.97 Å². The molecule has 0 heterocycles. The second-order valence-electron chi connectivity index (χ2n) is 3.00. The van der Waals surface area contributed by atoms with Gasteiger partial charge in [0.15, 0.2) is 0 Å². The summed E-state index contributed by atoms with van der Waals surface area (Å²) in [6.45, 7) is 1.47. The summed E-state index contributed by atoms with van der Waals surface area (Å²) < 4.78 is 5.09. The highest BCUT2D eigenvalue weighted by Gasteiger charge is 2.21. The van der Waals surface area contributed by atoms with Crippen molar-refractivity contribution in [3.05, 3.63) is 0 Å². The molecule has 0 amide bonds. The van der Waals surface area contributed by atoms with Crippen LogP contribution in [-0.2, 0) is 9.53 Å². The van der Waals surface area contributed by atoms with Gasteiger partial charge in [-0.25, -0.2) is 0 Å². The maximum Gasteiger partial charge on any atom is 0.302 e. The Morgan fingerprint density at radius 2 is 2.27 bits per heavy atom. The van der Waals surface area contributed by atoms with Crippen LogP contribution in [0, 0.1) is 0 Å². The Labute approximate surface area is 75.4 Å². The van der Waals surface area contributed by atoms with E-state index in [4.69, 9.17) is 4.74 Å². The van der Waals surface area contributed by atoms with Crippen molar-refractivity contribution in [3.63, 3.8) is 0 Å². The highest BCUT2D eigenvalue weighted by atomic mass is 79.9. The Morgan fingerprint density at radius 3 is 2.82 bits per heavy atom. The minimum Gasteiger partial charge on any atom is -0.463 e. The molecule has 1 saturated carbocycles. The molecule has 1 fully saturated rings. The molecule has 11 heavy (non-hydrogen) atoms. The van der Waals surface area contributed by atoms with Crippen molar-refractivity contribution >= 4 is 21.9 Å². The monoisotopic (exact) mass is 220 g/mol. The number of carbonyl (C=O) groups excluding carboxylic acids is 1. The summed E-state index contributed by atoms with van der Waals surface area (Å²) in [6.07, 6.45) is 4.53. The SMILES string of the molecule is CC(=O)OC1CCCC(Br)C1. The van der Waals surface area contributed by atoms with Crippen LogP contribution in [0.1, 0.15) is 32.6 Å². The molecule has 3 heteroatoms. The summed E-state index contributed by atoms with van der Waals surface area (Å²) in [7, 11) is 0. The molecule has 1 aliphatic carbocycles. The lowest BCUT2D eigenvalue weighted by atomic mass is 9.98. The first-order valence-corrected chi connectivity index (χ1v) is 4.91. The molecule has 2 nitrogen and oxygen atoms in total. The van der Waals surface area contributed by atoms with Gasteiger partial charge in [0.25, 0.3) is 0 Å². The van der Waals surface area contributed by atoms with Crippen LogP contribution in [-0.4, -0.2) is 16.9 Å². The number of ether oxygens (including phenoxy) is 1. The van der Waals surface area contributed by atoms with E-state index in [2.05, 4.69) is 15.9 Å². The van der Waals surface area contributed by atoms with Crippen molar-refractivity contribution in [2.24, 2.45) is 0 Å². The molecule has 1 aliphatic rings. The fraction of sp³-hybridized carbons (Fsp3) is 0.875. The van der Waals surface area contributed by atoms with E-state index in [1.165, 1.54) is 13.3 Å². The summed E-state index contributed by atoms with van der Waals surface area (Å²) in [5.41, 5.74) is 0. The van der Waals surface area contributed by atoms with Crippen LogP contribution in [0.2, 0.25) is 0 Å².